The molecule has 0 unspecified atom stereocenters. The fraction of sp³-hybridized carbons (Fsp3) is 0.500. The standard InChI is InChI=1S/C22H29NO6/c1-8-13(3)19(23-21(26)29-22(5,6)7)20(25)28-16-10-12(2)9-15-18(16)14(4)11-17(24)27-15/h9-11,13,19H,8H2,1-7H3,(H,23,26)/t13-,19+/m1/s1. The number of carbonyl (C=O) groups is 2. The molecule has 1 N–H and O–H groups in total. The summed E-state index contributed by atoms with van der Waals surface area (Å²) in [5.74, 6) is -0.502. The van der Waals surface area contributed by atoms with Crippen LogP contribution in [-0.2, 0) is 9.53 Å². The van der Waals surface area contributed by atoms with Gasteiger partial charge in [-0.3, -0.25) is 0 Å². The zero-order chi connectivity index (χ0) is 21.9. The minimum absolute atomic E-state index is 0.176. The number of alkyl carbamates (subject to hydrolysis) is 1. The molecule has 0 saturated carbocycles. The Hall–Kier alpha value is -2.83. The summed E-state index contributed by atoms with van der Waals surface area (Å²) >= 11 is 0. The van der Waals surface area contributed by atoms with Crippen LogP contribution in [0.25, 0.3) is 11.0 Å². The molecule has 0 radical (unpaired) electrons. The number of hydrogen-bond acceptors (Lipinski definition) is 6. The van der Waals surface area contributed by atoms with Crippen LogP contribution in [0.5, 0.6) is 5.75 Å². The first-order chi connectivity index (χ1) is 13.4. The maximum absolute atomic E-state index is 13.0. The number of esters is 1. The zero-order valence-electron chi connectivity index (χ0n) is 18.0. The minimum atomic E-state index is -0.888. The topological polar surface area (TPSA) is 94.8 Å². The molecule has 2 aromatic rings. The van der Waals surface area contributed by atoms with Crippen molar-refractivity contribution in [3.63, 3.8) is 0 Å². The minimum Gasteiger partial charge on any atom is -0.444 e. The third-order valence-corrected chi connectivity index (χ3v) is 4.50. The highest BCUT2D eigenvalue weighted by molar-refractivity contribution is 5.91. The molecule has 1 aromatic heterocycles. The Morgan fingerprint density at radius 3 is 2.41 bits per heavy atom. The highest BCUT2D eigenvalue weighted by atomic mass is 16.6. The molecule has 0 bridgehead atoms. The van der Waals surface area contributed by atoms with Crippen molar-refractivity contribution < 1.29 is 23.5 Å². The summed E-state index contributed by atoms with van der Waals surface area (Å²) in [4.78, 5) is 36.9. The summed E-state index contributed by atoms with van der Waals surface area (Å²) in [6, 6.07) is 3.88. The highest BCUT2D eigenvalue weighted by Gasteiger charge is 2.30. The second-order valence-corrected chi connectivity index (χ2v) is 8.32. The molecule has 0 aliphatic heterocycles. The van der Waals surface area contributed by atoms with Gasteiger partial charge in [-0.15, -0.1) is 0 Å². The van der Waals surface area contributed by atoms with Gasteiger partial charge in [0.25, 0.3) is 0 Å². The van der Waals surface area contributed by atoms with Crippen molar-refractivity contribution in [3.8, 4) is 5.75 Å². The second-order valence-electron chi connectivity index (χ2n) is 8.32. The molecule has 7 heteroatoms. The average Bonchev–Trinajstić information content (AvgIpc) is 2.56. The van der Waals surface area contributed by atoms with Gasteiger partial charge in [0.1, 0.15) is 23.0 Å². The van der Waals surface area contributed by atoms with Crippen LogP contribution in [0, 0.1) is 19.8 Å². The number of fused-ring (bicyclic) bond motifs is 1. The third kappa shape index (κ3) is 5.82. The van der Waals surface area contributed by atoms with Crippen LogP contribution in [0.4, 0.5) is 4.79 Å². The number of hydrogen-bond donors (Lipinski definition) is 1. The van der Waals surface area contributed by atoms with Gasteiger partial charge in [-0.05, 0) is 63.8 Å². The summed E-state index contributed by atoms with van der Waals surface area (Å²) < 4.78 is 16.2. The van der Waals surface area contributed by atoms with E-state index in [-0.39, 0.29) is 11.7 Å². The Balaban J connectivity index is 2.36. The second kappa shape index (κ2) is 8.68. The van der Waals surface area contributed by atoms with Gasteiger partial charge in [0, 0.05) is 6.07 Å². The van der Waals surface area contributed by atoms with Crippen molar-refractivity contribution in [2.45, 2.75) is 66.5 Å². The summed E-state index contributed by atoms with van der Waals surface area (Å²) in [6.07, 6.45) is -0.0334. The number of carbonyl (C=O) groups excluding carboxylic acids is 2. The Labute approximate surface area is 170 Å². The number of nitrogens with one attached hydrogen (secondary N) is 1. The maximum Gasteiger partial charge on any atom is 0.408 e. The lowest BCUT2D eigenvalue weighted by atomic mass is 9.99. The van der Waals surface area contributed by atoms with Crippen LogP contribution in [0.2, 0.25) is 0 Å². The number of aryl methyl sites for hydroxylation is 2. The van der Waals surface area contributed by atoms with E-state index < -0.39 is 29.3 Å². The first-order valence-electron chi connectivity index (χ1n) is 9.67. The van der Waals surface area contributed by atoms with Crippen molar-refractivity contribution in [2.75, 3.05) is 0 Å². The van der Waals surface area contributed by atoms with E-state index in [2.05, 4.69) is 5.32 Å². The van der Waals surface area contributed by atoms with E-state index >= 15 is 0 Å². The first-order valence-corrected chi connectivity index (χ1v) is 9.67. The van der Waals surface area contributed by atoms with Crippen LogP contribution in [0.15, 0.2) is 27.4 Å². The molecule has 29 heavy (non-hydrogen) atoms. The van der Waals surface area contributed by atoms with Crippen LogP contribution >= 0.6 is 0 Å². The Morgan fingerprint density at radius 1 is 1.17 bits per heavy atom. The molecule has 2 atom stereocenters. The molecule has 0 aliphatic rings. The van der Waals surface area contributed by atoms with Gasteiger partial charge < -0.3 is 19.2 Å². The normalized spacial score (nSPS) is 13.6. The van der Waals surface area contributed by atoms with E-state index in [1.807, 2.05) is 20.8 Å². The largest absolute Gasteiger partial charge is 0.444 e. The van der Waals surface area contributed by atoms with E-state index in [9.17, 15) is 14.4 Å². The van der Waals surface area contributed by atoms with E-state index in [1.165, 1.54) is 6.07 Å². The van der Waals surface area contributed by atoms with Gasteiger partial charge in [0.15, 0.2) is 0 Å². The summed E-state index contributed by atoms with van der Waals surface area (Å²) in [5, 5.41) is 3.17. The molecule has 7 nitrogen and oxygen atoms in total. The van der Waals surface area contributed by atoms with Gasteiger partial charge in [-0.25, -0.2) is 14.4 Å². The molecule has 1 aromatic carbocycles. The molecule has 158 valence electrons. The monoisotopic (exact) mass is 403 g/mol. The predicted molar refractivity (Wildman–Crippen MR) is 110 cm³/mol. The van der Waals surface area contributed by atoms with E-state index in [0.29, 0.717) is 23.0 Å². The van der Waals surface area contributed by atoms with Gasteiger partial charge in [0.05, 0.1) is 5.39 Å². The highest BCUT2D eigenvalue weighted by Crippen LogP contribution is 2.30. The molecular formula is C22H29NO6. The number of benzene rings is 1. The van der Waals surface area contributed by atoms with Gasteiger partial charge in [-0.2, -0.15) is 0 Å². The summed E-state index contributed by atoms with van der Waals surface area (Å²) in [7, 11) is 0. The van der Waals surface area contributed by atoms with Crippen LogP contribution in [0.3, 0.4) is 0 Å². The van der Waals surface area contributed by atoms with Crippen molar-refractivity contribution >= 4 is 23.0 Å². The molecule has 0 spiro atoms. The SMILES string of the molecule is CC[C@@H](C)[C@H](NC(=O)OC(C)(C)C)C(=O)Oc1cc(C)cc2oc(=O)cc(C)c12. The summed E-state index contributed by atoms with van der Waals surface area (Å²) in [6.45, 7) is 12.6. The molecule has 0 saturated heterocycles. The molecular weight excluding hydrogens is 374 g/mol. The maximum atomic E-state index is 13.0. The molecule has 0 fully saturated rings. The fourth-order valence-corrected chi connectivity index (χ4v) is 2.93. The first kappa shape index (κ1) is 22.5. The fourth-order valence-electron chi connectivity index (χ4n) is 2.93. The average molecular weight is 403 g/mol. The molecule has 1 amide bonds. The summed E-state index contributed by atoms with van der Waals surface area (Å²) in [5.41, 5.74) is 0.600. The van der Waals surface area contributed by atoms with Crippen molar-refractivity contribution in [1.82, 2.24) is 5.32 Å². The van der Waals surface area contributed by atoms with Crippen LogP contribution < -0.4 is 15.7 Å². The van der Waals surface area contributed by atoms with Gasteiger partial charge in [0.2, 0.25) is 0 Å². The van der Waals surface area contributed by atoms with Crippen LogP contribution in [-0.4, -0.2) is 23.7 Å². The predicted octanol–water partition coefficient (Wildman–Crippen LogP) is 4.25. The third-order valence-electron chi connectivity index (χ3n) is 4.50. The number of rotatable bonds is 5. The molecule has 0 aliphatic carbocycles. The lowest BCUT2D eigenvalue weighted by molar-refractivity contribution is -0.138. The van der Waals surface area contributed by atoms with E-state index in [1.54, 1.807) is 39.8 Å². The number of ether oxygens (including phenoxy) is 2. The van der Waals surface area contributed by atoms with Crippen molar-refractivity contribution in [2.24, 2.45) is 5.92 Å². The Bertz CT molecular complexity index is 970. The van der Waals surface area contributed by atoms with E-state index in [0.717, 1.165) is 5.56 Å². The molecule has 1 heterocycles. The van der Waals surface area contributed by atoms with Gasteiger partial charge in [-0.1, -0.05) is 20.3 Å². The smallest absolute Gasteiger partial charge is 0.408 e. The number of amides is 1. The Morgan fingerprint density at radius 2 is 1.83 bits per heavy atom. The quantitative estimate of drug-likeness (QED) is 0.455. The lowest BCUT2D eigenvalue weighted by Gasteiger charge is -2.25. The van der Waals surface area contributed by atoms with Crippen molar-refractivity contribution in [3.05, 3.63) is 39.7 Å². The van der Waals surface area contributed by atoms with Crippen LogP contribution in [0.1, 0.15) is 52.2 Å². The Kier molecular flexibility index (Phi) is 6.72. The molecule has 2 rings (SSSR count). The van der Waals surface area contributed by atoms with Gasteiger partial charge >= 0.3 is 17.7 Å². The van der Waals surface area contributed by atoms with E-state index in [4.69, 9.17) is 13.9 Å². The lowest BCUT2D eigenvalue weighted by Crippen LogP contribution is -2.48. The van der Waals surface area contributed by atoms with Crippen molar-refractivity contribution in [1.29, 1.82) is 0 Å². The zero-order valence-corrected chi connectivity index (χ0v) is 18.0.